The van der Waals surface area contributed by atoms with E-state index in [4.69, 9.17) is 0 Å². The van der Waals surface area contributed by atoms with Crippen molar-refractivity contribution in [3.8, 4) is 11.3 Å². The molecule has 2 N–H and O–H groups in total. The third-order valence-corrected chi connectivity index (χ3v) is 6.08. The molecule has 10 heteroatoms. The average molecular weight is 450 g/mol. The van der Waals surface area contributed by atoms with Gasteiger partial charge in [0.15, 0.2) is 0 Å². The Bertz CT molecular complexity index is 1250. The molecule has 33 heavy (non-hydrogen) atoms. The summed E-state index contributed by atoms with van der Waals surface area (Å²) in [7, 11) is 0. The van der Waals surface area contributed by atoms with Gasteiger partial charge in [-0.25, -0.2) is 19.2 Å². The Labute approximate surface area is 189 Å². The summed E-state index contributed by atoms with van der Waals surface area (Å²) in [5, 5.41) is 5.60. The van der Waals surface area contributed by atoms with Gasteiger partial charge in [0.2, 0.25) is 11.7 Å². The summed E-state index contributed by atoms with van der Waals surface area (Å²) in [4.78, 5) is 46.5. The summed E-state index contributed by atoms with van der Waals surface area (Å²) in [6.07, 6.45) is 7.95. The van der Waals surface area contributed by atoms with Crippen LogP contribution in [-0.2, 0) is 9.59 Å². The van der Waals surface area contributed by atoms with Crippen LogP contribution in [0.15, 0.2) is 36.8 Å². The molecule has 3 aromatic rings. The van der Waals surface area contributed by atoms with Gasteiger partial charge in [0.25, 0.3) is 0 Å². The number of urea groups is 1. The Hall–Kier alpha value is -3.82. The molecule has 0 radical (unpaired) electrons. The Kier molecular flexibility index (Phi) is 5.49. The molecule has 1 aliphatic carbocycles. The molecule has 1 unspecified atom stereocenters. The lowest BCUT2D eigenvalue weighted by atomic mass is 10.1. The Morgan fingerprint density at radius 3 is 2.67 bits per heavy atom. The van der Waals surface area contributed by atoms with Gasteiger partial charge in [-0.05, 0) is 37.5 Å². The highest BCUT2D eigenvalue weighted by Crippen LogP contribution is 2.27. The van der Waals surface area contributed by atoms with Crippen LogP contribution in [0.3, 0.4) is 0 Å². The molecule has 3 heterocycles. The largest absolute Gasteiger partial charge is 0.325 e. The molecular formula is C23H23FN6O3. The molecule has 3 amide bonds. The van der Waals surface area contributed by atoms with Crippen LogP contribution in [0.25, 0.3) is 17.0 Å². The second-order valence-corrected chi connectivity index (χ2v) is 8.46. The van der Waals surface area contributed by atoms with Crippen molar-refractivity contribution in [2.24, 2.45) is 5.92 Å². The van der Waals surface area contributed by atoms with E-state index in [0.29, 0.717) is 48.8 Å². The van der Waals surface area contributed by atoms with E-state index in [1.165, 1.54) is 18.3 Å². The quantitative estimate of drug-likeness (QED) is 0.633. The number of rotatable bonds is 4. The van der Waals surface area contributed by atoms with Crippen LogP contribution in [0, 0.1) is 11.7 Å². The van der Waals surface area contributed by atoms with Crippen molar-refractivity contribution in [1.82, 2.24) is 19.3 Å². The first-order valence-corrected chi connectivity index (χ1v) is 11.0. The van der Waals surface area contributed by atoms with E-state index in [0.717, 1.165) is 12.8 Å². The van der Waals surface area contributed by atoms with Crippen LogP contribution in [0.5, 0.6) is 0 Å². The van der Waals surface area contributed by atoms with Gasteiger partial charge in [-0.1, -0.05) is 0 Å². The molecule has 2 fully saturated rings. The zero-order valence-electron chi connectivity index (χ0n) is 17.9. The molecule has 1 saturated carbocycles. The number of likely N-dealkylation sites (tertiary alicyclic amines) is 1. The summed E-state index contributed by atoms with van der Waals surface area (Å²) in [5.74, 6) is -0.570. The van der Waals surface area contributed by atoms with Crippen molar-refractivity contribution in [2.75, 3.05) is 23.7 Å². The monoisotopic (exact) mass is 450 g/mol. The maximum Gasteiger partial charge on any atom is 0.321 e. The van der Waals surface area contributed by atoms with Gasteiger partial charge in [0.1, 0.15) is 11.6 Å². The number of benzene rings is 1. The van der Waals surface area contributed by atoms with Crippen LogP contribution >= 0.6 is 0 Å². The van der Waals surface area contributed by atoms with E-state index in [1.807, 2.05) is 0 Å². The first-order chi connectivity index (χ1) is 16.0. The number of carbonyl (C=O) groups is 3. The standard InChI is InChI=1S/C23H23FN6O3/c24-19-6-4-15(27-23(33)29-7-1-2-8-29)10-18(19)20-13-30-12-16(11-25-22(30)28-20)26-21(32)14-3-5-17(31)9-14/h4,6,10-14H,1-3,5,7-9H2,(H,26,32)(H,27,33). The summed E-state index contributed by atoms with van der Waals surface area (Å²) in [6.45, 7) is 1.43. The number of carbonyl (C=O) groups excluding carboxylic acids is 3. The van der Waals surface area contributed by atoms with Crippen molar-refractivity contribution in [3.05, 3.63) is 42.6 Å². The number of Topliss-reactive ketones (excluding diaryl/α,β-unsaturated/α-hetero) is 1. The molecule has 1 atom stereocenters. The minimum Gasteiger partial charge on any atom is -0.325 e. The highest BCUT2D eigenvalue weighted by atomic mass is 19.1. The minimum absolute atomic E-state index is 0.101. The maximum absolute atomic E-state index is 14.6. The fourth-order valence-corrected chi connectivity index (χ4v) is 4.28. The fraction of sp³-hybridized carbons (Fsp3) is 0.348. The molecule has 0 spiro atoms. The fourth-order valence-electron chi connectivity index (χ4n) is 4.28. The third kappa shape index (κ3) is 4.41. The summed E-state index contributed by atoms with van der Waals surface area (Å²) in [6, 6.07) is 4.15. The molecule has 1 aromatic carbocycles. The van der Waals surface area contributed by atoms with E-state index in [2.05, 4.69) is 20.6 Å². The highest BCUT2D eigenvalue weighted by molar-refractivity contribution is 5.97. The number of halogens is 1. The van der Waals surface area contributed by atoms with Crippen molar-refractivity contribution >= 4 is 34.9 Å². The number of hydrogen-bond acceptors (Lipinski definition) is 5. The van der Waals surface area contributed by atoms with E-state index in [-0.39, 0.29) is 35.6 Å². The number of nitrogens with one attached hydrogen (secondary N) is 2. The lowest BCUT2D eigenvalue weighted by Crippen LogP contribution is -2.32. The number of imidazole rings is 1. The van der Waals surface area contributed by atoms with Crippen molar-refractivity contribution < 1.29 is 18.8 Å². The summed E-state index contributed by atoms with van der Waals surface area (Å²) < 4.78 is 16.2. The number of ketones is 1. The minimum atomic E-state index is -0.475. The van der Waals surface area contributed by atoms with Crippen LogP contribution < -0.4 is 10.6 Å². The van der Waals surface area contributed by atoms with Crippen LogP contribution in [0.1, 0.15) is 32.1 Å². The number of anilines is 2. The Morgan fingerprint density at radius 2 is 1.91 bits per heavy atom. The van der Waals surface area contributed by atoms with Crippen molar-refractivity contribution in [1.29, 1.82) is 0 Å². The average Bonchev–Trinajstić information content (AvgIpc) is 3.55. The van der Waals surface area contributed by atoms with Gasteiger partial charge < -0.3 is 15.5 Å². The van der Waals surface area contributed by atoms with Gasteiger partial charge in [-0.3, -0.25) is 14.0 Å². The second-order valence-electron chi connectivity index (χ2n) is 8.46. The van der Waals surface area contributed by atoms with Crippen LogP contribution in [-0.4, -0.2) is 50.1 Å². The number of fused-ring (bicyclic) bond motifs is 1. The topological polar surface area (TPSA) is 109 Å². The van der Waals surface area contributed by atoms with Crippen molar-refractivity contribution in [2.45, 2.75) is 32.1 Å². The first kappa shape index (κ1) is 21.0. The van der Waals surface area contributed by atoms with Crippen LogP contribution in [0.2, 0.25) is 0 Å². The van der Waals surface area contributed by atoms with Gasteiger partial charge in [-0.15, -0.1) is 0 Å². The SMILES string of the molecule is O=C1CCC(C(=O)Nc2cnc3nc(-c4cc(NC(=O)N5CCCC5)ccc4F)cn3c2)C1. The van der Waals surface area contributed by atoms with E-state index >= 15 is 0 Å². The zero-order chi connectivity index (χ0) is 22.9. The molecule has 9 nitrogen and oxygen atoms in total. The number of nitrogens with zero attached hydrogens (tertiary/aromatic N) is 4. The van der Waals surface area contributed by atoms with Gasteiger partial charge >= 0.3 is 6.03 Å². The molecule has 170 valence electrons. The van der Waals surface area contributed by atoms with Gasteiger partial charge in [-0.2, -0.15) is 0 Å². The van der Waals surface area contributed by atoms with E-state index in [9.17, 15) is 18.8 Å². The first-order valence-electron chi connectivity index (χ1n) is 11.0. The lowest BCUT2D eigenvalue weighted by Gasteiger charge is -2.16. The molecule has 0 bridgehead atoms. The molecule has 1 aliphatic heterocycles. The van der Waals surface area contributed by atoms with Crippen LogP contribution in [0.4, 0.5) is 20.6 Å². The van der Waals surface area contributed by atoms with Gasteiger partial charge in [0, 0.05) is 55.5 Å². The summed E-state index contributed by atoms with van der Waals surface area (Å²) >= 11 is 0. The maximum atomic E-state index is 14.6. The van der Waals surface area contributed by atoms with Crippen molar-refractivity contribution in [3.63, 3.8) is 0 Å². The normalized spacial score (nSPS) is 18.2. The van der Waals surface area contributed by atoms with Gasteiger partial charge in [0.05, 0.1) is 17.6 Å². The molecule has 1 saturated heterocycles. The molecular weight excluding hydrogens is 427 g/mol. The number of aromatic nitrogens is 3. The zero-order valence-corrected chi connectivity index (χ0v) is 17.9. The molecule has 2 aliphatic rings. The summed E-state index contributed by atoms with van der Waals surface area (Å²) in [5.41, 5.74) is 1.52. The second kappa shape index (κ2) is 8.61. The van der Waals surface area contributed by atoms with E-state index in [1.54, 1.807) is 27.8 Å². The third-order valence-electron chi connectivity index (χ3n) is 6.08. The number of hydrogen-bond donors (Lipinski definition) is 2. The predicted octanol–water partition coefficient (Wildman–Crippen LogP) is 3.47. The smallest absolute Gasteiger partial charge is 0.321 e. The Balaban J connectivity index is 1.35. The Morgan fingerprint density at radius 1 is 1.09 bits per heavy atom. The highest BCUT2D eigenvalue weighted by Gasteiger charge is 2.28. The van der Waals surface area contributed by atoms with E-state index < -0.39 is 5.82 Å². The lowest BCUT2D eigenvalue weighted by molar-refractivity contribution is -0.122. The predicted molar refractivity (Wildman–Crippen MR) is 119 cm³/mol. The molecule has 2 aromatic heterocycles. The molecule has 5 rings (SSSR count). The number of amides is 3.